The van der Waals surface area contributed by atoms with Gasteiger partial charge in [0.2, 0.25) is 0 Å². The maximum Gasteiger partial charge on any atom is 0.396 e. The molecule has 0 amide bonds. The van der Waals surface area contributed by atoms with Crippen molar-refractivity contribution >= 4 is 29.0 Å². The van der Waals surface area contributed by atoms with Crippen molar-refractivity contribution in [3.63, 3.8) is 0 Å². The molecular formula is C109H185NO11P2S. The number of hydrogen-bond acceptors (Lipinski definition) is 13. The van der Waals surface area contributed by atoms with Crippen LogP contribution < -0.4 is 23.3 Å². The van der Waals surface area contributed by atoms with Crippen molar-refractivity contribution in [1.82, 2.24) is 4.90 Å². The number of benzene rings is 4. The summed E-state index contributed by atoms with van der Waals surface area (Å²) in [6, 6.07) is 15.9. The van der Waals surface area contributed by atoms with Crippen LogP contribution in [0.4, 0.5) is 0 Å². The molecule has 12 nitrogen and oxygen atoms in total. The Labute approximate surface area is 768 Å². The fraction of sp³-hybridized carbons (Fsp3) is 0.780. The maximum atomic E-state index is 7.30. The zero-order valence-corrected chi connectivity index (χ0v) is 88.4. The molecule has 4 aromatic rings. The molecule has 4 aliphatic rings. The fourth-order valence-electron chi connectivity index (χ4n) is 22.2. The smallest absolute Gasteiger partial charge is 0.396 e. The van der Waals surface area contributed by atoms with Crippen LogP contribution in [0.1, 0.15) is 389 Å². The average Bonchev–Trinajstić information content (AvgIpc) is 0.773. The molecule has 4 aromatic carbocycles. The molecule has 124 heavy (non-hydrogen) atoms. The Morgan fingerprint density at radius 1 is 0.500 bits per heavy atom. The molecule has 2 aliphatic carbocycles. The van der Waals surface area contributed by atoms with Crippen molar-refractivity contribution in [2.24, 2.45) is 74.9 Å². The largest absolute Gasteiger partial charge is 0.487 e. The van der Waals surface area contributed by atoms with Gasteiger partial charge in [-0.25, -0.2) is 0 Å². The molecule has 0 radical (unpaired) electrons. The molecule has 2 aliphatic heterocycles. The van der Waals surface area contributed by atoms with E-state index in [1.54, 1.807) is 39.0 Å². The van der Waals surface area contributed by atoms with Crippen LogP contribution in [0, 0.1) is 116 Å². The molecule has 708 valence electrons. The van der Waals surface area contributed by atoms with Crippen molar-refractivity contribution in [1.29, 1.82) is 0 Å². The standard InChI is InChI=1S/C88H148O5S.C21H37NO6P2/c1-59(2)33-27-35-61(5)37-29-39-63(7)41-31-50-87(25)52-47-74-69(13)79(66(10)65(9)76(74)58-87)91-82(93-84(18,19)20)90-73-45-43-71(44-46-73)55-78(89-54-49-77-85(21,22)56-72(83(15,16)17)57-86(77,23)24)94-81-68(12)67(11)80-75(70(81)14)48-53-88(26,92-80)51-32-42-64(8)40-30-38-62(6)36-28-34-60(3)4;1-17-15-20(2,3)22(21(4,5)16-17)13-14-26-30(25-8)28-19-11-9-18(10-12-19)27-29(23-6)24-7/h43-46,59-64,72,77-78,82H,27-42,47-58H2,1-26H3;9-12,17H,13-16H2,1-8H3. The number of likely N-dealkylation sites (tertiary alicyclic amines) is 1. The van der Waals surface area contributed by atoms with Gasteiger partial charge in [-0.1, -0.05) is 238 Å². The third-order valence-corrected chi connectivity index (χ3v) is 32.8. The molecule has 0 aromatic heterocycles. The minimum Gasteiger partial charge on any atom is -0.487 e. The third kappa shape index (κ3) is 33.5. The highest BCUT2D eigenvalue weighted by Gasteiger charge is 2.50. The van der Waals surface area contributed by atoms with Gasteiger partial charge in [-0.15, -0.1) is 0 Å². The number of fused-ring (bicyclic) bond motifs is 2. The van der Waals surface area contributed by atoms with E-state index in [0.717, 1.165) is 117 Å². The summed E-state index contributed by atoms with van der Waals surface area (Å²) < 4.78 is 68.0. The number of piperidine rings is 1. The molecule has 0 spiro atoms. The van der Waals surface area contributed by atoms with Crippen LogP contribution in [0.3, 0.4) is 0 Å². The first-order valence-electron chi connectivity index (χ1n) is 49.3. The van der Waals surface area contributed by atoms with Gasteiger partial charge in [0.15, 0.2) is 0 Å². The lowest BCUT2D eigenvalue weighted by atomic mass is 9.50. The van der Waals surface area contributed by atoms with E-state index < -0.39 is 29.3 Å². The van der Waals surface area contributed by atoms with Crippen LogP contribution in [0.15, 0.2) is 53.4 Å². The van der Waals surface area contributed by atoms with E-state index in [0.29, 0.717) is 40.8 Å². The zero-order chi connectivity index (χ0) is 92.1. The van der Waals surface area contributed by atoms with Crippen LogP contribution in [0.25, 0.3) is 0 Å². The molecule has 9 unspecified atom stereocenters. The summed E-state index contributed by atoms with van der Waals surface area (Å²) in [5.74, 6) is 11.0. The summed E-state index contributed by atoms with van der Waals surface area (Å²) in [7, 11) is 1.83. The monoisotopic (exact) mass is 1780 g/mol. The van der Waals surface area contributed by atoms with Crippen LogP contribution >= 0.6 is 29.0 Å². The highest BCUT2D eigenvalue weighted by Crippen LogP contribution is 2.59. The fourth-order valence-corrected chi connectivity index (χ4v) is 24.9. The number of nitrogens with zero attached hydrogens (tertiary/aromatic N) is 1. The van der Waals surface area contributed by atoms with Crippen LogP contribution in [-0.4, -0.2) is 80.2 Å². The quantitative estimate of drug-likeness (QED) is 0.0238. The summed E-state index contributed by atoms with van der Waals surface area (Å²) >= 11 is 1.94. The topological polar surface area (TPSA) is 105 Å². The number of thioether (sulfide) groups is 1. The van der Waals surface area contributed by atoms with Gasteiger partial charge in [-0.3, -0.25) is 4.90 Å². The first-order chi connectivity index (χ1) is 57.9. The van der Waals surface area contributed by atoms with Gasteiger partial charge in [0.1, 0.15) is 39.8 Å². The van der Waals surface area contributed by atoms with Gasteiger partial charge in [0.25, 0.3) is 0 Å². The first-order valence-corrected chi connectivity index (χ1v) is 52.4. The van der Waals surface area contributed by atoms with E-state index in [1.165, 1.54) is 196 Å². The lowest BCUT2D eigenvalue weighted by Gasteiger charge is -2.55. The van der Waals surface area contributed by atoms with Gasteiger partial charge < -0.3 is 50.8 Å². The number of rotatable bonds is 48. The number of ether oxygens (including phenoxy) is 5. The van der Waals surface area contributed by atoms with Crippen molar-refractivity contribution in [2.75, 3.05) is 41.1 Å². The molecule has 2 heterocycles. The Balaban J connectivity index is 0.000000590. The van der Waals surface area contributed by atoms with E-state index in [2.05, 4.69) is 244 Å². The summed E-state index contributed by atoms with van der Waals surface area (Å²) in [4.78, 5) is 3.91. The van der Waals surface area contributed by atoms with Crippen molar-refractivity contribution in [3.05, 3.63) is 104 Å². The third-order valence-electron chi connectivity index (χ3n) is 29.4. The van der Waals surface area contributed by atoms with E-state index in [1.807, 2.05) is 23.9 Å². The highest BCUT2D eigenvalue weighted by molar-refractivity contribution is 7.99. The van der Waals surface area contributed by atoms with Gasteiger partial charge in [-0.2, -0.15) is 0 Å². The van der Waals surface area contributed by atoms with Crippen molar-refractivity contribution in [2.45, 2.75) is 440 Å². The molecule has 8 rings (SSSR count). The summed E-state index contributed by atoms with van der Waals surface area (Å²) in [6.07, 6.45) is 36.4. The van der Waals surface area contributed by atoms with Gasteiger partial charge >= 0.3 is 23.7 Å². The second kappa shape index (κ2) is 48.5. The minimum absolute atomic E-state index is 0.0818. The normalized spacial score (nSPS) is 22.0. The zero-order valence-electron chi connectivity index (χ0n) is 85.8. The maximum absolute atomic E-state index is 7.30. The Morgan fingerprint density at radius 3 is 1.47 bits per heavy atom. The lowest BCUT2D eigenvalue weighted by molar-refractivity contribution is -0.245. The molecule has 1 saturated heterocycles. The van der Waals surface area contributed by atoms with Gasteiger partial charge in [0.05, 0.1) is 12.2 Å². The molecule has 9 atom stereocenters. The molecule has 2 fully saturated rings. The molecule has 15 heteroatoms. The van der Waals surface area contributed by atoms with Gasteiger partial charge in [0, 0.05) is 56.9 Å². The Kier molecular flexibility index (Phi) is 42.1. The predicted octanol–water partition coefficient (Wildman–Crippen LogP) is 32.9. The van der Waals surface area contributed by atoms with Crippen LogP contribution in [-0.2, 0) is 53.3 Å². The van der Waals surface area contributed by atoms with E-state index in [-0.39, 0.29) is 32.9 Å². The molecule has 0 bridgehead atoms. The first kappa shape index (κ1) is 108. The second-order valence-electron chi connectivity index (χ2n) is 46.0. The van der Waals surface area contributed by atoms with E-state index in [9.17, 15) is 0 Å². The Bertz CT molecular complexity index is 3780. The lowest BCUT2D eigenvalue weighted by Crippen LogP contribution is -2.61. The average molecular weight is 1780 g/mol. The summed E-state index contributed by atoms with van der Waals surface area (Å²) in [6.45, 7) is 74.7. The minimum atomic E-state index is -1.48. The van der Waals surface area contributed by atoms with Crippen LogP contribution in [0.5, 0.6) is 28.7 Å². The summed E-state index contributed by atoms with van der Waals surface area (Å²) in [5.41, 5.74) is 14.1. The predicted molar refractivity (Wildman–Crippen MR) is 529 cm³/mol. The Hall–Kier alpha value is -3.19. The Morgan fingerprint density at radius 2 is 0.976 bits per heavy atom. The second-order valence-corrected chi connectivity index (χ2v) is 49.8. The molecule has 0 N–H and O–H groups in total. The molecule has 1 saturated carbocycles. The van der Waals surface area contributed by atoms with Crippen molar-refractivity contribution < 1.29 is 50.8 Å². The van der Waals surface area contributed by atoms with Crippen molar-refractivity contribution in [3.8, 4) is 28.7 Å². The SMILES string of the molecule is COP(OC)Oc1ccc(OP(OC)OCCN2C(C)(C)CC(C)CC2(C)C)cc1.Cc1c(C)c(OC(Oc2ccc(CC(OCCC3C(C)(C)CC(C(C)(C)C)CC3(C)C)Sc3c(C)c(C)c4c(c3C)CCC(C)(CCCC(C)CCCC(C)CCCC(C)C)O4)cc2)OC(C)(C)C)c(C)c2c1CC(C)(CCCC(C)CCCC(C)CCCC(C)C)CC2. The summed E-state index contributed by atoms with van der Waals surface area (Å²) in [5, 5.41) is 0. The van der Waals surface area contributed by atoms with E-state index >= 15 is 0 Å². The van der Waals surface area contributed by atoms with Gasteiger partial charge in [-0.05, 0) is 347 Å². The number of hydrogen-bond donors (Lipinski definition) is 0. The highest BCUT2D eigenvalue weighted by atomic mass is 32.2. The van der Waals surface area contributed by atoms with E-state index in [4.69, 9.17) is 50.8 Å². The molecular weight excluding hydrogens is 1590 g/mol. The van der Waals surface area contributed by atoms with Crippen LogP contribution in [0.2, 0.25) is 0 Å².